The van der Waals surface area contributed by atoms with Crippen LogP contribution in [-0.4, -0.2) is 95.6 Å². The maximum Gasteiger partial charge on any atom is 0.306 e. The van der Waals surface area contributed by atoms with Crippen molar-refractivity contribution in [1.29, 1.82) is 0 Å². The van der Waals surface area contributed by atoms with E-state index in [0.29, 0.717) is 23.1 Å². The van der Waals surface area contributed by atoms with E-state index < -0.39 is 47.4 Å². The third-order valence-corrected chi connectivity index (χ3v) is 14.2. The van der Waals surface area contributed by atoms with Gasteiger partial charge in [0.05, 0.1) is 34.3 Å². The van der Waals surface area contributed by atoms with Gasteiger partial charge in [-0.25, -0.2) is 4.98 Å². The van der Waals surface area contributed by atoms with Crippen molar-refractivity contribution in [3.63, 3.8) is 0 Å². The number of nitrogens with one attached hydrogen (secondary N) is 2. The number of aliphatic hydroxyl groups is 1. The number of aromatic nitrogens is 4. The number of rotatable bonds is 13. The Morgan fingerprint density at radius 1 is 0.894 bits per heavy atom. The van der Waals surface area contributed by atoms with E-state index >= 15 is 0 Å². The lowest BCUT2D eigenvalue weighted by atomic mass is 9.85. The van der Waals surface area contributed by atoms with Crippen LogP contribution in [0.1, 0.15) is 84.1 Å². The van der Waals surface area contributed by atoms with Gasteiger partial charge in [-0.15, -0.1) is 32.9 Å². The smallest absolute Gasteiger partial charge is 0.306 e. The van der Waals surface area contributed by atoms with Crippen molar-refractivity contribution in [1.82, 2.24) is 35.3 Å². The molecule has 1 saturated heterocycles. The molecule has 4 atom stereocenters. The van der Waals surface area contributed by atoms with E-state index in [2.05, 4.69) is 32.7 Å². The Labute approximate surface area is 390 Å². The fourth-order valence-corrected chi connectivity index (χ4v) is 10.4. The second-order valence-corrected chi connectivity index (χ2v) is 19.9. The maximum atomic E-state index is 14.1. The number of amides is 3. The molecule has 15 nitrogen and oxygen atoms in total. The minimum atomic E-state index is -1.00. The molecular weight excluding hydrogens is 877 g/mol. The normalized spacial score (nSPS) is 17.3. The first-order valence-corrected chi connectivity index (χ1v) is 23.4. The Morgan fingerprint density at radius 2 is 1.55 bits per heavy atom. The SMILES string of the molecule is Cc1ncsc1-c1ccc(CNC(=O)[C@@H]2C[C@@H](O)CN2C(=O)C(NC(=O)COc2ccc(-c3ccc(C4=N[C@@H](CC(=O)O)c5nnc(C)n5-c5sc(C)c(C)c54)cc3)cc2)C(C)(C)C)cc1. The Kier molecular flexibility index (Phi) is 13.1. The van der Waals surface area contributed by atoms with Crippen LogP contribution in [-0.2, 0) is 25.7 Å². The number of carbonyl (C=O) groups is 4. The number of fused-ring (bicyclic) bond motifs is 3. The number of ether oxygens (including phenoxy) is 1. The summed E-state index contributed by atoms with van der Waals surface area (Å²) in [6.45, 7) is 13.3. The molecule has 1 unspecified atom stereocenters. The Balaban J connectivity index is 0.895. The minimum absolute atomic E-state index is 0.0327. The zero-order chi connectivity index (χ0) is 47.0. The second kappa shape index (κ2) is 18.7. The first-order chi connectivity index (χ1) is 31.5. The monoisotopic (exact) mass is 928 g/mol. The number of likely N-dealkylation sites (tertiary alicyclic amines) is 1. The minimum Gasteiger partial charge on any atom is -0.484 e. The van der Waals surface area contributed by atoms with Crippen LogP contribution < -0.4 is 15.4 Å². The number of carboxylic acids is 1. The van der Waals surface area contributed by atoms with Gasteiger partial charge < -0.3 is 30.5 Å². The second-order valence-electron chi connectivity index (χ2n) is 17.8. The fourth-order valence-electron chi connectivity index (χ4n) is 8.39. The molecule has 0 bridgehead atoms. The molecule has 0 radical (unpaired) electrons. The van der Waals surface area contributed by atoms with Crippen LogP contribution in [0.15, 0.2) is 83.3 Å². The number of aliphatic hydroxyl groups excluding tert-OH is 1. The summed E-state index contributed by atoms with van der Waals surface area (Å²) < 4.78 is 7.80. The average Bonchev–Trinajstić information content (AvgIpc) is 4.06. The molecule has 0 aliphatic carbocycles. The van der Waals surface area contributed by atoms with Crippen LogP contribution in [0.4, 0.5) is 0 Å². The summed E-state index contributed by atoms with van der Waals surface area (Å²) in [5, 5.41) is 35.7. The number of hydrogen-bond donors (Lipinski definition) is 4. The molecule has 0 saturated carbocycles. The highest BCUT2D eigenvalue weighted by Gasteiger charge is 2.44. The zero-order valence-corrected chi connectivity index (χ0v) is 39.4. The molecule has 5 heterocycles. The lowest BCUT2D eigenvalue weighted by molar-refractivity contribution is -0.144. The van der Waals surface area contributed by atoms with E-state index in [1.54, 1.807) is 34.8 Å². The van der Waals surface area contributed by atoms with Crippen molar-refractivity contribution in [2.24, 2.45) is 10.4 Å². The summed E-state index contributed by atoms with van der Waals surface area (Å²) in [6, 6.07) is 20.5. The van der Waals surface area contributed by atoms with Crippen LogP contribution in [0.3, 0.4) is 0 Å². The van der Waals surface area contributed by atoms with Gasteiger partial charge >= 0.3 is 5.97 Å². The molecule has 2 aliphatic rings. The van der Waals surface area contributed by atoms with Gasteiger partial charge in [-0.3, -0.25) is 28.7 Å². The van der Waals surface area contributed by atoms with Crippen molar-refractivity contribution in [3.8, 4) is 32.3 Å². The molecule has 2 aliphatic heterocycles. The molecule has 66 heavy (non-hydrogen) atoms. The number of aliphatic imine (C=N–C) groups is 1. The summed E-state index contributed by atoms with van der Waals surface area (Å²) in [7, 11) is 0. The summed E-state index contributed by atoms with van der Waals surface area (Å²) in [5.41, 5.74) is 9.33. The van der Waals surface area contributed by atoms with Crippen LogP contribution in [0.2, 0.25) is 0 Å². The first kappa shape index (κ1) is 46.0. The highest BCUT2D eigenvalue weighted by molar-refractivity contribution is 7.15. The average molecular weight is 929 g/mol. The summed E-state index contributed by atoms with van der Waals surface area (Å²) in [5.74, 6) is -0.712. The zero-order valence-electron chi connectivity index (χ0n) is 37.8. The van der Waals surface area contributed by atoms with Crippen molar-refractivity contribution in [2.45, 2.75) is 92.1 Å². The lowest BCUT2D eigenvalue weighted by Gasteiger charge is -2.35. The molecule has 342 valence electrons. The van der Waals surface area contributed by atoms with E-state index in [1.165, 1.54) is 4.90 Å². The van der Waals surface area contributed by atoms with Gasteiger partial charge in [-0.1, -0.05) is 81.4 Å². The number of aliphatic carboxylic acids is 1. The highest BCUT2D eigenvalue weighted by atomic mass is 32.1. The topological polar surface area (TPSA) is 201 Å². The van der Waals surface area contributed by atoms with E-state index in [9.17, 15) is 29.4 Å². The van der Waals surface area contributed by atoms with E-state index in [1.807, 2.05) is 112 Å². The number of carbonyl (C=O) groups excluding carboxylic acids is 3. The van der Waals surface area contributed by atoms with Gasteiger partial charge in [0.2, 0.25) is 11.8 Å². The van der Waals surface area contributed by atoms with Crippen LogP contribution in [0, 0.1) is 33.1 Å². The molecule has 3 amide bonds. The van der Waals surface area contributed by atoms with Gasteiger partial charge in [0.15, 0.2) is 12.4 Å². The molecule has 0 spiro atoms. The summed E-state index contributed by atoms with van der Waals surface area (Å²) in [6.07, 6.45) is -1.03. The highest BCUT2D eigenvalue weighted by Crippen LogP contribution is 2.40. The van der Waals surface area contributed by atoms with Crippen molar-refractivity contribution >= 4 is 52.1 Å². The first-order valence-electron chi connectivity index (χ1n) is 21.7. The Morgan fingerprint density at radius 3 is 2.18 bits per heavy atom. The van der Waals surface area contributed by atoms with Crippen molar-refractivity contribution in [2.75, 3.05) is 13.2 Å². The fraction of sp³-hybridized carbons (Fsp3) is 0.347. The predicted octanol–water partition coefficient (Wildman–Crippen LogP) is 6.91. The summed E-state index contributed by atoms with van der Waals surface area (Å²) in [4.78, 5) is 65.9. The molecular formula is C49H52N8O7S2. The Hall–Kier alpha value is -6.56. The quantitative estimate of drug-likeness (QED) is 0.0944. The largest absolute Gasteiger partial charge is 0.484 e. The molecule has 8 rings (SSSR count). The maximum absolute atomic E-state index is 14.1. The molecule has 1 fully saturated rings. The van der Waals surface area contributed by atoms with Crippen molar-refractivity contribution in [3.05, 3.63) is 123 Å². The summed E-state index contributed by atoms with van der Waals surface area (Å²) >= 11 is 3.18. The number of aryl methyl sites for hydroxylation is 3. The van der Waals surface area contributed by atoms with Crippen LogP contribution in [0.5, 0.6) is 5.75 Å². The number of carboxylic acid groups (broad SMARTS) is 1. The van der Waals surface area contributed by atoms with Crippen LogP contribution in [0.25, 0.3) is 26.6 Å². The number of hydrogen-bond acceptors (Lipinski definition) is 12. The lowest BCUT2D eigenvalue weighted by Crippen LogP contribution is -2.58. The van der Waals surface area contributed by atoms with Gasteiger partial charge in [0, 0.05) is 35.5 Å². The van der Waals surface area contributed by atoms with E-state index in [-0.39, 0.29) is 38.4 Å². The number of β-amino-alcohol motifs (C(OH)–C–C–N with tert-alkyl or cyclic N) is 1. The number of nitrogens with zero attached hydrogens (tertiary/aromatic N) is 6. The number of thiazole rings is 1. The molecule has 3 aromatic carbocycles. The molecule has 3 aromatic heterocycles. The van der Waals surface area contributed by atoms with Crippen LogP contribution >= 0.6 is 22.7 Å². The van der Waals surface area contributed by atoms with E-state index in [0.717, 1.165) is 59.4 Å². The van der Waals surface area contributed by atoms with Gasteiger partial charge in [-0.2, -0.15) is 0 Å². The Bertz CT molecular complexity index is 2820. The molecule has 4 N–H and O–H groups in total. The van der Waals surface area contributed by atoms with Crippen molar-refractivity contribution < 1.29 is 34.1 Å². The van der Waals surface area contributed by atoms with E-state index in [4.69, 9.17) is 9.73 Å². The standard InChI is InChI=1S/C49H52N8O7S2/c1-26-28(3)66-48-41(26)42(52-37(21-40(60)61)45-55-54-29(4)57(45)48)33-14-12-31(13-15-33)32-16-18-36(19-17-32)64-24-39(59)53-44(49(5,6)7)47(63)56-23-35(58)20-38(56)46(62)50-22-30-8-10-34(11-9-30)43-27(2)51-25-65-43/h8-19,25,35,37-38,44,58H,20-24H2,1-7H3,(H,50,62)(H,53,59)(H,60,61)/t35-,37+,38+,44?/m1/s1. The predicted molar refractivity (Wildman–Crippen MR) is 253 cm³/mol. The number of thiophene rings is 1. The number of benzene rings is 3. The molecule has 17 heteroatoms. The van der Waals surface area contributed by atoms with Gasteiger partial charge in [-0.05, 0) is 73.1 Å². The van der Waals surface area contributed by atoms with Gasteiger partial charge in [0.1, 0.15) is 34.7 Å². The molecule has 6 aromatic rings. The third kappa shape index (κ3) is 9.55. The third-order valence-electron chi connectivity index (χ3n) is 12.0. The van der Waals surface area contributed by atoms with Gasteiger partial charge in [0.25, 0.3) is 5.91 Å².